The van der Waals surface area contributed by atoms with Crippen LogP contribution in [-0.2, 0) is 4.74 Å². The number of fused-ring (bicyclic) bond motifs is 2. The van der Waals surface area contributed by atoms with Crippen LogP contribution in [0.2, 0.25) is 0 Å². The van der Waals surface area contributed by atoms with E-state index < -0.39 is 17.8 Å². The van der Waals surface area contributed by atoms with E-state index in [9.17, 15) is 14.0 Å². The number of hydrogen-bond donors (Lipinski definition) is 0. The highest BCUT2D eigenvalue weighted by atomic mass is 19.1. The maximum absolute atomic E-state index is 14.8. The lowest BCUT2D eigenvalue weighted by atomic mass is 9.96. The topological polar surface area (TPSA) is 59.8 Å². The molecule has 2 heterocycles. The van der Waals surface area contributed by atoms with Crippen molar-refractivity contribution in [1.29, 1.82) is 0 Å². The highest BCUT2D eigenvalue weighted by Gasteiger charge is 2.43. The fourth-order valence-corrected chi connectivity index (χ4v) is 4.32. The second kappa shape index (κ2) is 8.27. The minimum atomic E-state index is -0.830. The molecule has 1 aliphatic rings. The Morgan fingerprint density at radius 1 is 1.16 bits per heavy atom. The van der Waals surface area contributed by atoms with Crippen molar-refractivity contribution in [2.75, 3.05) is 13.2 Å². The Morgan fingerprint density at radius 2 is 1.90 bits per heavy atom. The van der Waals surface area contributed by atoms with Gasteiger partial charge in [0, 0.05) is 18.7 Å². The van der Waals surface area contributed by atoms with Gasteiger partial charge in [-0.25, -0.2) is 4.39 Å². The Balaban J connectivity index is 1.87. The molecule has 0 N–H and O–H groups in total. The van der Waals surface area contributed by atoms with E-state index in [1.165, 1.54) is 11.0 Å². The van der Waals surface area contributed by atoms with Crippen LogP contribution in [0.25, 0.3) is 11.0 Å². The van der Waals surface area contributed by atoms with Crippen molar-refractivity contribution < 1.29 is 18.3 Å². The average Bonchev–Trinajstić information content (AvgIpc) is 2.97. The van der Waals surface area contributed by atoms with Crippen LogP contribution < -0.4 is 5.43 Å². The number of nitrogens with zero attached hydrogens (tertiary/aromatic N) is 1. The molecule has 1 amide bonds. The van der Waals surface area contributed by atoms with Crippen LogP contribution in [0.4, 0.5) is 4.39 Å². The average molecular weight is 423 g/mol. The molecule has 6 heteroatoms. The molecule has 0 saturated carbocycles. The second-order valence-corrected chi connectivity index (χ2v) is 8.32. The predicted molar refractivity (Wildman–Crippen MR) is 117 cm³/mol. The van der Waals surface area contributed by atoms with E-state index in [2.05, 4.69) is 0 Å². The number of hydrogen-bond acceptors (Lipinski definition) is 4. The van der Waals surface area contributed by atoms with E-state index >= 15 is 0 Å². The number of ether oxygens (including phenoxy) is 1. The summed E-state index contributed by atoms with van der Waals surface area (Å²) >= 11 is 0. The summed E-state index contributed by atoms with van der Waals surface area (Å²) in [6.07, 6.45) is 0.642. The fraction of sp³-hybridized carbons (Fsp3) is 0.360. The third kappa shape index (κ3) is 3.76. The molecule has 0 aliphatic carbocycles. The SMILES string of the molecule is Cc1cc(C)c2c(=O)c3c(oc2c1)C(=O)N(CCCOC(C)C)[C@H]3c1ccccc1F. The van der Waals surface area contributed by atoms with Crippen LogP contribution in [0.3, 0.4) is 0 Å². The van der Waals surface area contributed by atoms with Crippen molar-refractivity contribution in [3.05, 3.63) is 80.5 Å². The first kappa shape index (κ1) is 21.2. The van der Waals surface area contributed by atoms with E-state index in [-0.39, 0.29) is 28.4 Å². The van der Waals surface area contributed by atoms with Gasteiger partial charge in [-0.15, -0.1) is 0 Å². The van der Waals surface area contributed by atoms with Gasteiger partial charge in [0.15, 0.2) is 5.43 Å². The molecule has 5 nitrogen and oxygen atoms in total. The fourth-order valence-electron chi connectivity index (χ4n) is 4.32. The van der Waals surface area contributed by atoms with Crippen LogP contribution in [0.15, 0.2) is 45.6 Å². The molecule has 0 unspecified atom stereocenters. The number of benzene rings is 2. The molecule has 0 bridgehead atoms. The zero-order chi connectivity index (χ0) is 22.3. The van der Waals surface area contributed by atoms with Crippen molar-refractivity contribution >= 4 is 16.9 Å². The lowest BCUT2D eigenvalue weighted by Gasteiger charge is -2.25. The van der Waals surface area contributed by atoms with Gasteiger partial charge in [0.05, 0.1) is 23.1 Å². The number of amides is 1. The van der Waals surface area contributed by atoms with Crippen LogP contribution >= 0.6 is 0 Å². The van der Waals surface area contributed by atoms with Gasteiger partial charge < -0.3 is 14.1 Å². The van der Waals surface area contributed by atoms with Crippen LogP contribution in [0, 0.1) is 19.7 Å². The number of aryl methyl sites for hydroxylation is 2. The Kier molecular flexibility index (Phi) is 5.67. The Hall–Kier alpha value is -2.99. The van der Waals surface area contributed by atoms with E-state index in [4.69, 9.17) is 9.15 Å². The largest absolute Gasteiger partial charge is 0.450 e. The minimum absolute atomic E-state index is 0.000492. The van der Waals surface area contributed by atoms with Crippen molar-refractivity contribution in [2.45, 2.75) is 46.3 Å². The lowest BCUT2D eigenvalue weighted by molar-refractivity contribution is 0.0592. The Labute approximate surface area is 180 Å². The zero-order valence-electron chi connectivity index (χ0n) is 18.2. The molecule has 1 atom stereocenters. The van der Waals surface area contributed by atoms with E-state index in [0.717, 1.165) is 11.1 Å². The van der Waals surface area contributed by atoms with Crippen molar-refractivity contribution in [3.63, 3.8) is 0 Å². The molecular weight excluding hydrogens is 397 g/mol. The first-order chi connectivity index (χ1) is 14.8. The molecule has 3 aromatic rings. The highest BCUT2D eigenvalue weighted by Crippen LogP contribution is 2.39. The quantitative estimate of drug-likeness (QED) is 0.529. The maximum Gasteiger partial charge on any atom is 0.290 e. The predicted octanol–water partition coefficient (Wildman–Crippen LogP) is 4.91. The highest BCUT2D eigenvalue weighted by molar-refractivity contribution is 5.99. The molecular formula is C25H26FNO4. The second-order valence-electron chi connectivity index (χ2n) is 8.32. The summed E-state index contributed by atoms with van der Waals surface area (Å²) in [5.74, 6) is -0.858. The zero-order valence-corrected chi connectivity index (χ0v) is 18.2. The van der Waals surface area contributed by atoms with Crippen molar-refractivity contribution in [1.82, 2.24) is 4.90 Å². The van der Waals surface area contributed by atoms with Crippen LogP contribution in [-0.4, -0.2) is 30.1 Å². The Bertz CT molecular complexity index is 1210. The standard InChI is InChI=1S/C25H26FNO4/c1-14(2)30-11-7-10-27-22(17-8-5-6-9-18(17)26)21-23(28)20-16(4)12-15(3)13-19(20)31-24(21)25(27)29/h5-6,8-9,12-14,22H,7,10-11H2,1-4H3/t22-/m0/s1. The monoisotopic (exact) mass is 423 g/mol. The third-order valence-corrected chi connectivity index (χ3v) is 5.61. The molecule has 0 saturated heterocycles. The number of carbonyl (C=O) groups excluding carboxylic acids is 1. The van der Waals surface area contributed by atoms with Crippen LogP contribution in [0.1, 0.15) is 59.1 Å². The van der Waals surface area contributed by atoms with Gasteiger partial charge in [-0.05, 0) is 57.4 Å². The molecule has 1 aromatic heterocycles. The molecule has 31 heavy (non-hydrogen) atoms. The number of halogens is 1. The third-order valence-electron chi connectivity index (χ3n) is 5.61. The molecule has 0 radical (unpaired) electrons. The van der Waals surface area contributed by atoms with Gasteiger partial charge in [-0.1, -0.05) is 24.3 Å². The van der Waals surface area contributed by atoms with Crippen molar-refractivity contribution in [3.8, 4) is 0 Å². The van der Waals surface area contributed by atoms with Crippen LogP contribution in [0.5, 0.6) is 0 Å². The first-order valence-electron chi connectivity index (χ1n) is 10.5. The van der Waals surface area contributed by atoms with Gasteiger partial charge in [0.2, 0.25) is 5.76 Å². The molecule has 4 rings (SSSR count). The van der Waals surface area contributed by atoms with E-state index in [1.54, 1.807) is 24.3 Å². The molecule has 2 aromatic carbocycles. The molecule has 0 spiro atoms. The lowest BCUT2D eigenvalue weighted by Crippen LogP contribution is -2.32. The summed E-state index contributed by atoms with van der Waals surface area (Å²) in [5.41, 5.74) is 2.31. The summed E-state index contributed by atoms with van der Waals surface area (Å²) < 4.78 is 26.4. The molecule has 162 valence electrons. The van der Waals surface area contributed by atoms with Gasteiger partial charge in [-0.3, -0.25) is 9.59 Å². The Morgan fingerprint density at radius 3 is 2.61 bits per heavy atom. The summed E-state index contributed by atoms with van der Waals surface area (Å²) in [6.45, 7) is 8.42. The summed E-state index contributed by atoms with van der Waals surface area (Å²) in [4.78, 5) is 28.4. The van der Waals surface area contributed by atoms with E-state index in [1.807, 2.05) is 33.8 Å². The van der Waals surface area contributed by atoms with Gasteiger partial charge in [0.25, 0.3) is 5.91 Å². The summed E-state index contributed by atoms with van der Waals surface area (Å²) in [5, 5.41) is 0.434. The normalized spacial score (nSPS) is 15.9. The van der Waals surface area contributed by atoms with Gasteiger partial charge in [0.1, 0.15) is 11.4 Å². The maximum atomic E-state index is 14.8. The molecule has 1 aliphatic heterocycles. The smallest absolute Gasteiger partial charge is 0.290 e. The van der Waals surface area contributed by atoms with Crippen molar-refractivity contribution in [2.24, 2.45) is 0 Å². The number of rotatable bonds is 6. The molecule has 0 fully saturated rings. The minimum Gasteiger partial charge on any atom is -0.450 e. The first-order valence-corrected chi connectivity index (χ1v) is 10.5. The van der Waals surface area contributed by atoms with E-state index in [0.29, 0.717) is 30.5 Å². The summed E-state index contributed by atoms with van der Waals surface area (Å²) in [7, 11) is 0. The number of carbonyl (C=O) groups is 1. The van der Waals surface area contributed by atoms with Gasteiger partial charge >= 0.3 is 0 Å². The summed E-state index contributed by atoms with van der Waals surface area (Å²) in [6, 6.07) is 9.09. The van der Waals surface area contributed by atoms with Gasteiger partial charge in [-0.2, -0.15) is 0 Å².